The van der Waals surface area contributed by atoms with Crippen LogP contribution >= 0.6 is 11.3 Å². The van der Waals surface area contributed by atoms with Crippen molar-refractivity contribution in [1.82, 2.24) is 30.6 Å². The zero-order valence-electron chi connectivity index (χ0n) is 20.6. The molecule has 0 unspecified atom stereocenters. The van der Waals surface area contributed by atoms with Crippen LogP contribution in [-0.4, -0.2) is 58.7 Å². The third kappa shape index (κ3) is 6.13. The normalized spacial score (nSPS) is 18.8. The van der Waals surface area contributed by atoms with E-state index in [-0.39, 0.29) is 27.1 Å². The Balaban J connectivity index is 1.37. The van der Waals surface area contributed by atoms with Crippen molar-refractivity contribution in [3.05, 3.63) is 47.6 Å². The van der Waals surface area contributed by atoms with Gasteiger partial charge in [-0.15, -0.1) is 11.3 Å². The molecule has 196 valence electrons. The maximum absolute atomic E-state index is 13.3. The number of aromatic nitrogens is 4. The first-order valence-corrected chi connectivity index (χ1v) is 15.0. The molecule has 3 aromatic heterocycles. The number of hydrogen-bond donors (Lipinski definition) is 2. The monoisotopic (exact) mass is 542 g/mol. The van der Waals surface area contributed by atoms with Gasteiger partial charge in [-0.3, -0.25) is 14.8 Å². The Morgan fingerprint density at radius 2 is 2.08 bits per heavy atom. The summed E-state index contributed by atoms with van der Waals surface area (Å²) in [5, 5.41) is 6.55. The molecule has 12 heteroatoms. The maximum Gasteiger partial charge on any atom is 0.280 e. The molecule has 1 saturated heterocycles. The molecule has 2 atom stereocenters. The molecule has 0 bridgehead atoms. The Labute approximate surface area is 220 Å². The second-order valence-electron chi connectivity index (χ2n) is 9.27. The number of piperidine rings is 1. The first-order valence-electron chi connectivity index (χ1n) is 12.6. The number of amides is 1. The van der Waals surface area contributed by atoms with Crippen molar-refractivity contribution in [3.63, 3.8) is 0 Å². The third-order valence-corrected chi connectivity index (χ3v) is 9.77. The lowest BCUT2D eigenvalue weighted by Gasteiger charge is -2.28. The average Bonchev–Trinajstić information content (AvgIpc) is 3.67. The summed E-state index contributed by atoms with van der Waals surface area (Å²) in [4.78, 5) is 31.6. The van der Waals surface area contributed by atoms with Crippen LogP contribution in [0.2, 0.25) is 0 Å². The molecule has 3 aromatic rings. The Morgan fingerprint density at radius 3 is 2.84 bits per heavy atom. The van der Waals surface area contributed by atoms with Crippen molar-refractivity contribution in [3.8, 4) is 16.5 Å². The molecule has 10 nitrogen and oxygen atoms in total. The fraction of sp³-hybridized carbons (Fsp3) is 0.480. The number of ether oxygens (including phenoxy) is 1. The zero-order valence-corrected chi connectivity index (χ0v) is 22.2. The molecule has 37 heavy (non-hydrogen) atoms. The van der Waals surface area contributed by atoms with Gasteiger partial charge in [0.1, 0.15) is 5.69 Å². The van der Waals surface area contributed by atoms with Crippen molar-refractivity contribution in [2.24, 2.45) is 0 Å². The Hall–Kier alpha value is -2.96. The van der Waals surface area contributed by atoms with Crippen LogP contribution in [-0.2, 0) is 9.84 Å². The lowest BCUT2D eigenvalue weighted by Crippen LogP contribution is -2.39. The van der Waals surface area contributed by atoms with Crippen molar-refractivity contribution in [1.29, 1.82) is 0 Å². The van der Waals surface area contributed by atoms with Crippen molar-refractivity contribution in [2.75, 3.05) is 13.2 Å². The van der Waals surface area contributed by atoms with E-state index >= 15 is 0 Å². The smallest absolute Gasteiger partial charge is 0.280 e. The fourth-order valence-electron chi connectivity index (χ4n) is 4.43. The summed E-state index contributed by atoms with van der Waals surface area (Å²) >= 11 is 1.21. The van der Waals surface area contributed by atoms with Gasteiger partial charge in [-0.05, 0) is 57.7 Å². The summed E-state index contributed by atoms with van der Waals surface area (Å²) in [5.41, 5.74) is 1.11. The van der Waals surface area contributed by atoms with E-state index in [1.165, 1.54) is 23.7 Å². The van der Waals surface area contributed by atoms with Gasteiger partial charge in [-0.2, -0.15) is 0 Å². The summed E-state index contributed by atoms with van der Waals surface area (Å²) in [6, 6.07) is 2.89. The first kappa shape index (κ1) is 25.7. The molecule has 5 rings (SSSR count). The highest BCUT2D eigenvalue weighted by Crippen LogP contribution is 2.34. The van der Waals surface area contributed by atoms with Crippen LogP contribution in [0.5, 0.6) is 5.88 Å². The van der Waals surface area contributed by atoms with Gasteiger partial charge in [0, 0.05) is 18.4 Å². The molecule has 0 spiro atoms. The van der Waals surface area contributed by atoms with Crippen molar-refractivity contribution >= 4 is 27.1 Å². The van der Waals surface area contributed by atoms with Crippen LogP contribution < -0.4 is 15.4 Å². The van der Waals surface area contributed by atoms with Gasteiger partial charge in [0.2, 0.25) is 5.88 Å². The molecule has 4 heterocycles. The van der Waals surface area contributed by atoms with E-state index in [1.807, 2.05) is 6.92 Å². The van der Waals surface area contributed by atoms with E-state index < -0.39 is 15.9 Å². The quantitative estimate of drug-likeness (QED) is 0.395. The predicted octanol–water partition coefficient (Wildman–Crippen LogP) is 3.33. The number of rotatable bonds is 10. The topological polar surface area (TPSA) is 136 Å². The minimum Gasteiger partial charge on any atom is -0.477 e. The molecule has 0 radical (unpaired) electrons. The number of pyridine rings is 1. The number of carbonyl (C=O) groups excluding carboxylic acids is 1. The van der Waals surface area contributed by atoms with Gasteiger partial charge in [0.25, 0.3) is 5.91 Å². The number of carbonyl (C=O) groups is 1. The van der Waals surface area contributed by atoms with E-state index in [0.717, 1.165) is 25.8 Å². The van der Waals surface area contributed by atoms with Crippen LogP contribution in [0.3, 0.4) is 0 Å². The highest BCUT2D eigenvalue weighted by Gasteiger charge is 2.37. The molecule has 1 aliphatic heterocycles. The Bertz CT molecular complexity index is 1350. The van der Waals surface area contributed by atoms with E-state index in [0.29, 0.717) is 48.0 Å². The summed E-state index contributed by atoms with van der Waals surface area (Å²) < 4.78 is 31.1. The van der Waals surface area contributed by atoms with Crippen molar-refractivity contribution < 1.29 is 17.9 Å². The van der Waals surface area contributed by atoms with Crippen LogP contribution in [0.4, 0.5) is 0 Å². The highest BCUT2D eigenvalue weighted by atomic mass is 32.2. The molecule has 1 amide bonds. The van der Waals surface area contributed by atoms with Gasteiger partial charge in [-0.25, -0.2) is 18.4 Å². The zero-order chi connectivity index (χ0) is 25.8. The van der Waals surface area contributed by atoms with Crippen LogP contribution in [0.15, 0.2) is 41.8 Å². The summed E-state index contributed by atoms with van der Waals surface area (Å²) in [5.74, 6) is 0.0646. The molecule has 0 aromatic carbocycles. The third-order valence-electron chi connectivity index (χ3n) is 6.50. The van der Waals surface area contributed by atoms with Crippen molar-refractivity contribution in [2.45, 2.75) is 67.7 Å². The second kappa shape index (κ2) is 11.2. The minimum absolute atomic E-state index is 0.202. The van der Waals surface area contributed by atoms with E-state index in [1.54, 1.807) is 24.5 Å². The standard InChI is InChI=1S/C25H30N6O4S2/c1-2-35-23-15-26-13-21(30-23)22-14-29-25(36-22)24(32)31-20(11-16-5-3-4-9-27-16)19-12-18(8-10-28-19)37(33,34)17-6-7-17/h8,10,12-17,20,27H,2-7,9,11H2,1H3,(H,31,32)/t16-,20-/m1/s1. The minimum atomic E-state index is -3.37. The average molecular weight is 543 g/mol. The maximum atomic E-state index is 13.3. The summed E-state index contributed by atoms with van der Waals surface area (Å²) in [7, 11) is -3.37. The van der Waals surface area contributed by atoms with Crippen LogP contribution in [0.1, 0.15) is 67.0 Å². The Morgan fingerprint density at radius 1 is 1.22 bits per heavy atom. The number of sulfone groups is 1. The molecular formula is C25H30N6O4S2. The van der Waals surface area contributed by atoms with Gasteiger partial charge in [0.05, 0.1) is 45.8 Å². The van der Waals surface area contributed by atoms with E-state index in [9.17, 15) is 13.2 Å². The van der Waals surface area contributed by atoms with Gasteiger partial charge in [-0.1, -0.05) is 6.42 Å². The predicted molar refractivity (Wildman–Crippen MR) is 139 cm³/mol. The largest absolute Gasteiger partial charge is 0.477 e. The SMILES string of the molecule is CCOc1cncc(-c2cnc(C(=O)N[C@H](C[C@H]3CCCCN3)c3cc(S(=O)(=O)C4CC4)ccn3)s2)n1. The highest BCUT2D eigenvalue weighted by molar-refractivity contribution is 7.92. The summed E-state index contributed by atoms with van der Waals surface area (Å²) in [6.45, 7) is 3.27. The molecule has 2 fully saturated rings. The lowest BCUT2D eigenvalue weighted by atomic mass is 9.96. The Kier molecular flexibility index (Phi) is 7.77. The van der Waals surface area contributed by atoms with Crippen LogP contribution in [0, 0.1) is 0 Å². The van der Waals surface area contributed by atoms with Gasteiger partial charge < -0.3 is 15.4 Å². The number of nitrogens with zero attached hydrogens (tertiary/aromatic N) is 4. The number of thiazole rings is 1. The molecule has 1 saturated carbocycles. The summed E-state index contributed by atoms with van der Waals surface area (Å²) in [6.07, 6.45) is 11.5. The van der Waals surface area contributed by atoms with E-state index in [2.05, 4.69) is 30.6 Å². The molecule has 2 N–H and O–H groups in total. The molecule has 1 aliphatic carbocycles. The molecule has 2 aliphatic rings. The van der Waals surface area contributed by atoms with Crippen LogP contribution in [0.25, 0.3) is 10.6 Å². The van der Waals surface area contributed by atoms with Gasteiger partial charge in [0.15, 0.2) is 14.8 Å². The first-order chi connectivity index (χ1) is 17.9. The van der Waals surface area contributed by atoms with E-state index in [4.69, 9.17) is 4.74 Å². The molecular weight excluding hydrogens is 512 g/mol. The van der Waals surface area contributed by atoms with Gasteiger partial charge >= 0.3 is 0 Å². The number of hydrogen-bond acceptors (Lipinski definition) is 10. The lowest BCUT2D eigenvalue weighted by molar-refractivity contribution is 0.0929. The number of nitrogens with one attached hydrogen (secondary N) is 2. The fourth-order valence-corrected chi connectivity index (χ4v) is 6.88. The second-order valence-corrected chi connectivity index (χ2v) is 12.5.